The summed E-state index contributed by atoms with van der Waals surface area (Å²) in [5, 5.41) is 13.5. The van der Waals surface area contributed by atoms with Crippen LogP contribution in [0.25, 0.3) is 0 Å². The van der Waals surface area contributed by atoms with Gasteiger partial charge >= 0.3 is 0 Å². The van der Waals surface area contributed by atoms with Crippen molar-refractivity contribution >= 4 is 39.8 Å². The van der Waals surface area contributed by atoms with E-state index in [-0.39, 0.29) is 23.3 Å². The number of thiazole rings is 1. The Hall–Kier alpha value is -1.15. The van der Waals surface area contributed by atoms with E-state index < -0.39 is 0 Å². The van der Waals surface area contributed by atoms with Crippen LogP contribution in [0.3, 0.4) is 0 Å². The molecule has 6 heteroatoms. The van der Waals surface area contributed by atoms with Gasteiger partial charge in [0.15, 0.2) is 0 Å². The van der Waals surface area contributed by atoms with E-state index in [0.29, 0.717) is 0 Å². The molecule has 0 saturated carbocycles. The average Bonchev–Trinajstić information content (AvgIpc) is 2.90. The third kappa shape index (κ3) is 3.49. The molecule has 1 aromatic heterocycles. The number of benzene rings is 1. The normalized spacial score (nSPS) is 12.2. The van der Waals surface area contributed by atoms with Crippen molar-refractivity contribution in [3.8, 4) is 5.75 Å². The van der Waals surface area contributed by atoms with E-state index in [2.05, 4.69) is 39.8 Å². The molecule has 0 radical (unpaired) electrons. The van der Waals surface area contributed by atoms with Gasteiger partial charge in [0.25, 0.3) is 5.91 Å². The number of phenols is 1. The van der Waals surface area contributed by atoms with Gasteiger partial charge in [-0.15, -0.1) is 11.3 Å². The van der Waals surface area contributed by atoms with E-state index in [9.17, 15) is 9.90 Å². The Balaban J connectivity index is 2.12. The summed E-state index contributed by atoms with van der Waals surface area (Å²) in [6.07, 6.45) is 2.78. The summed E-state index contributed by atoms with van der Waals surface area (Å²) in [7, 11) is 0. The van der Waals surface area contributed by atoms with Gasteiger partial charge in [0, 0.05) is 14.6 Å². The number of aromatic hydroxyl groups is 1. The zero-order valence-electron chi connectivity index (χ0n) is 11.2. The van der Waals surface area contributed by atoms with Crippen LogP contribution in [0.15, 0.2) is 24.4 Å². The van der Waals surface area contributed by atoms with Crippen molar-refractivity contribution in [3.63, 3.8) is 0 Å². The molecular weight excluding hydrogens is 387 g/mol. The number of halogens is 1. The van der Waals surface area contributed by atoms with Gasteiger partial charge in [-0.25, -0.2) is 4.98 Å². The van der Waals surface area contributed by atoms with E-state index in [1.54, 1.807) is 23.5 Å². The van der Waals surface area contributed by atoms with Gasteiger partial charge in [-0.1, -0.05) is 6.92 Å². The second kappa shape index (κ2) is 6.53. The van der Waals surface area contributed by atoms with Gasteiger partial charge in [0.05, 0.1) is 11.6 Å². The van der Waals surface area contributed by atoms with Crippen LogP contribution >= 0.6 is 33.9 Å². The minimum absolute atomic E-state index is 0.0106. The fourth-order valence-corrected chi connectivity index (χ4v) is 3.06. The van der Waals surface area contributed by atoms with Crippen LogP contribution in [0.2, 0.25) is 0 Å². The molecule has 2 aromatic rings. The minimum atomic E-state index is -0.290. The molecule has 2 N–H and O–H groups in total. The topological polar surface area (TPSA) is 62.2 Å². The van der Waals surface area contributed by atoms with Crippen LogP contribution in [-0.2, 0) is 6.42 Å². The molecule has 0 bridgehead atoms. The molecule has 1 unspecified atom stereocenters. The Kier molecular flexibility index (Phi) is 4.98. The Morgan fingerprint density at radius 1 is 1.55 bits per heavy atom. The van der Waals surface area contributed by atoms with Crippen molar-refractivity contribution in [2.24, 2.45) is 0 Å². The lowest BCUT2D eigenvalue weighted by molar-refractivity contribution is 0.0937. The quantitative estimate of drug-likeness (QED) is 0.770. The average molecular weight is 402 g/mol. The van der Waals surface area contributed by atoms with E-state index in [0.717, 1.165) is 15.0 Å². The number of carbonyl (C=O) groups excluding carboxylic acids is 1. The van der Waals surface area contributed by atoms with Crippen molar-refractivity contribution in [1.29, 1.82) is 0 Å². The first-order valence-electron chi connectivity index (χ1n) is 6.25. The first kappa shape index (κ1) is 15.2. The summed E-state index contributed by atoms with van der Waals surface area (Å²) in [5.74, 6) is -0.301. The smallest absolute Gasteiger partial charge is 0.255 e. The molecule has 1 aromatic carbocycles. The van der Waals surface area contributed by atoms with Gasteiger partial charge in [0.2, 0.25) is 0 Å². The van der Waals surface area contributed by atoms with Crippen molar-refractivity contribution in [2.45, 2.75) is 26.3 Å². The van der Waals surface area contributed by atoms with Crippen molar-refractivity contribution in [2.75, 3.05) is 0 Å². The van der Waals surface area contributed by atoms with Gasteiger partial charge < -0.3 is 10.4 Å². The predicted octanol–water partition coefficient (Wildman–Crippen LogP) is 3.51. The first-order valence-corrected chi connectivity index (χ1v) is 8.14. The number of carbonyl (C=O) groups is 1. The van der Waals surface area contributed by atoms with Crippen LogP contribution in [0.1, 0.15) is 40.1 Å². The minimum Gasteiger partial charge on any atom is -0.507 e. The molecule has 20 heavy (non-hydrogen) atoms. The van der Waals surface area contributed by atoms with Gasteiger partial charge in [-0.2, -0.15) is 0 Å². The number of nitrogens with one attached hydrogen (secondary N) is 1. The third-order valence-electron chi connectivity index (χ3n) is 2.84. The van der Waals surface area contributed by atoms with Crippen molar-refractivity contribution < 1.29 is 9.90 Å². The number of aryl methyl sites for hydroxylation is 1. The zero-order valence-corrected chi connectivity index (χ0v) is 14.2. The van der Waals surface area contributed by atoms with Crippen LogP contribution in [-0.4, -0.2) is 16.0 Å². The second-order valence-electron chi connectivity index (χ2n) is 4.37. The number of aromatic nitrogens is 1. The third-order valence-corrected chi connectivity index (χ3v) is 4.84. The summed E-state index contributed by atoms with van der Waals surface area (Å²) in [6.45, 7) is 3.96. The fraction of sp³-hybridized carbons (Fsp3) is 0.286. The van der Waals surface area contributed by atoms with Crippen molar-refractivity contribution in [1.82, 2.24) is 10.3 Å². The largest absolute Gasteiger partial charge is 0.507 e. The molecule has 1 heterocycles. The SMILES string of the molecule is CCc1cnc(C(C)NC(=O)c2cc(I)ccc2O)s1. The van der Waals surface area contributed by atoms with Gasteiger partial charge in [-0.05, 0) is 54.1 Å². The molecule has 0 fully saturated rings. The van der Waals surface area contributed by atoms with Crippen LogP contribution in [0.4, 0.5) is 0 Å². The molecular formula is C14H15IN2O2S. The molecule has 0 aliphatic heterocycles. The number of hydrogen-bond acceptors (Lipinski definition) is 4. The zero-order chi connectivity index (χ0) is 14.7. The molecule has 0 aliphatic rings. The van der Waals surface area contributed by atoms with E-state index in [1.807, 2.05) is 13.1 Å². The highest BCUT2D eigenvalue weighted by molar-refractivity contribution is 14.1. The molecule has 2 rings (SSSR count). The number of hydrogen-bond donors (Lipinski definition) is 2. The molecule has 4 nitrogen and oxygen atoms in total. The summed E-state index contributed by atoms with van der Waals surface area (Å²) < 4.78 is 0.903. The summed E-state index contributed by atoms with van der Waals surface area (Å²) >= 11 is 3.70. The van der Waals surface area contributed by atoms with Gasteiger partial charge in [-0.3, -0.25) is 4.79 Å². The Morgan fingerprint density at radius 2 is 2.30 bits per heavy atom. The highest BCUT2D eigenvalue weighted by Crippen LogP contribution is 2.23. The number of phenolic OH excluding ortho intramolecular Hbond substituents is 1. The summed E-state index contributed by atoms with van der Waals surface area (Å²) in [4.78, 5) is 17.7. The predicted molar refractivity (Wildman–Crippen MR) is 88.2 cm³/mol. The molecule has 1 atom stereocenters. The van der Waals surface area contributed by atoms with E-state index in [1.165, 1.54) is 10.9 Å². The molecule has 0 spiro atoms. The fourth-order valence-electron chi connectivity index (χ4n) is 1.71. The summed E-state index contributed by atoms with van der Waals surface area (Å²) in [5.41, 5.74) is 0.288. The van der Waals surface area contributed by atoms with Crippen LogP contribution in [0.5, 0.6) is 5.75 Å². The first-order chi connectivity index (χ1) is 9.51. The lowest BCUT2D eigenvalue weighted by atomic mass is 10.2. The lowest BCUT2D eigenvalue weighted by Crippen LogP contribution is -2.26. The number of nitrogens with zero attached hydrogens (tertiary/aromatic N) is 1. The lowest BCUT2D eigenvalue weighted by Gasteiger charge is -2.12. The monoisotopic (exact) mass is 402 g/mol. The molecule has 0 saturated heterocycles. The van der Waals surface area contributed by atoms with Gasteiger partial charge in [0.1, 0.15) is 10.8 Å². The maximum absolute atomic E-state index is 12.2. The molecule has 106 valence electrons. The molecule has 1 amide bonds. The number of rotatable bonds is 4. The Bertz CT molecular complexity index is 627. The van der Waals surface area contributed by atoms with Crippen LogP contribution < -0.4 is 5.32 Å². The number of amides is 1. The molecule has 0 aliphatic carbocycles. The van der Waals surface area contributed by atoms with E-state index in [4.69, 9.17) is 0 Å². The van der Waals surface area contributed by atoms with E-state index >= 15 is 0 Å². The van der Waals surface area contributed by atoms with Crippen molar-refractivity contribution in [3.05, 3.63) is 43.4 Å². The second-order valence-corrected chi connectivity index (χ2v) is 6.77. The highest BCUT2D eigenvalue weighted by Gasteiger charge is 2.17. The standard InChI is InChI=1S/C14H15IN2O2S/c1-3-10-7-16-14(20-10)8(2)17-13(19)11-6-9(15)4-5-12(11)18/h4-8,18H,3H2,1-2H3,(H,17,19). The summed E-state index contributed by atoms with van der Waals surface area (Å²) in [6, 6.07) is 4.77. The van der Waals surface area contributed by atoms with Crippen LogP contribution in [0, 0.1) is 3.57 Å². The maximum atomic E-state index is 12.2. The Morgan fingerprint density at radius 3 is 2.95 bits per heavy atom. The Labute approximate surface area is 135 Å². The maximum Gasteiger partial charge on any atom is 0.255 e. The highest BCUT2D eigenvalue weighted by atomic mass is 127.